The van der Waals surface area contributed by atoms with Crippen molar-refractivity contribution in [3.05, 3.63) is 0 Å². The minimum atomic E-state index is -1.01. The fourth-order valence-electron chi connectivity index (χ4n) is 2.62. The molecular formula is C14H24O6. The Labute approximate surface area is 118 Å². The van der Waals surface area contributed by atoms with Crippen LogP contribution in [-0.2, 0) is 14.4 Å². The number of carboxylic acids is 3. The molecule has 0 heterocycles. The molecule has 0 spiro atoms. The summed E-state index contributed by atoms with van der Waals surface area (Å²) in [6.45, 7) is 3.66. The number of aliphatic carboxylic acids is 3. The average molecular weight is 288 g/mol. The van der Waals surface area contributed by atoms with E-state index in [1.165, 1.54) is 0 Å². The Bertz CT molecular complexity index is 339. The molecule has 0 rings (SSSR count). The Morgan fingerprint density at radius 3 is 1.80 bits per heavy atom. The standard InChI is InChI=1S/C14H24O6/c1-3-4-5-10(7-13(17)18)11(8-14(19)20)9(2)6-12(15)16/h9-11H,3-8H2,1-2H3,(H,15,16)(H,17,18)(H,19,20). The lowest BCUT2D eigenvalue weighted by atomic mass is 9.75. The zero-order chi connectivity index (χ0) is 15.7. The normalized spacial score (nSPS) is 15.3. The largest absolute Gasteiger partial charge is 0.481 e. The van der Waals surface area contributed by atoms with E-state index in [9.17, 15) is 14.4 Å². The minimum Gasteiger partial charge on any atom is -0.481 e. The molecule has 0 aromatic rings. The zero-order valence-corrected chi connectivity index (χ0v) is 12.0. The van der Waals surface area contributed by atoms with Crippen LogP contribution < -0.4 is 0 Å². The van der Waals surface area contributed by atoms with Crippen LogP contribution in [0.2, 0.25) is 0 Å². The number of unbranched alkanes of at least 4 members (excludes halogenated alkanes) is 1. The zero-order valence-electron chi connectivity index (χ0n) is 12.0. The van der Waals surface area contributed by atoms with Gasteiger partial charge < -0.3 is 15.3 Å². The summed E-state index contributed by atoms with van der Waals surface area (Å²) in [6, 6.07) is 0. The van der Waals surface area contributed by atoms with E-state index in [0.717, 1.165) is 12.8 Å². The summed E-state index contributed by atoms with van der Waals surface area (Å²) in [5.74, 6) is -4.05. The lowest BCUT2D eigenvalue weighted by Gasteiger charge is -2.29. The van der Waals surface area contributed by atoms with Gasteiger partial charge in [0, 0.05) is 19.3 Å². The van der Waals surface area contributed by atoms with E-state index >= 15 is 0 Å². The number of hydrogen-bond donors (Lipinski definition) is 3. The first-order valence-electron chi connectivity index (χ1n) is 6.93. The average Bonchev–Trinajstić information content (AvgIpc) is 2.30. The number of carboxylic acid groups (broad SMARTS) is 3. The number of rotatable bonds is 11. The van der Waals surface area contributed by atoms with Gasteiger partial charge in [0.05, 0.1) is 0 Å². The first-order valence-corrected chi connectivity index (χ1v) is 6.93. The Kier molecular flexibility index (Phi) is 8.59. The Balaban J connectivity index is 5.00. The third-order valence-electron chi connectivity index (χ3n) is 3.61. The summed E-state index contributed by atoms with van der Waals surface area (Å²) in [5, 5.41) is 26.8. The van der Waals surface area contributed by atoms with Gasteiger partial charge >= 0.3 is 17.9 Å². The summed E-state index contributed by atoms with van der Waals surface area (Å²) in [5.41, 5.74) is 0. The van der Waals surface area contributed by atoms with Gasteiger partial charge in [0.15, 0.2) is 0 Å². The molecule has 3 N–H and O–H groups in total. The molecule has 20 heavy (non-hydrogen) atoms. The van der Waals surface area contributed by atoms with Crippen molar-refractivity contribution in [2.45, 2.75) is 52.4 Å². The first kappa shape index (κ1) is 18.4. The predicted octanol–water partition coefficient (Wildman–Crippen LogP) is 2.47. The molecule has 0 fully saturated rings. The maximum atomic E-state index is 11.0. The molecule has 0 aromatic heterocycles. The Morgan fingerprint density at radius 1 is 0.900 bits per heavy atom. The summed E-state index contributed by atoms with van der Waals surface area (Å²) < 4.78 is 0. The highest BCUT2D eigenvalue weighted by Crippen LogP contribution is 2.33. The second-order valence-corrected chi connectivity index (χ2v) is 5.34. The van der Waals surface area contributed by atoms with Crippen molar-refractivity contribution in [2.24, 2.45) is 17.8 Å². The van der Waals surface area contributed by atoms with E-state index in [4.69, 9.17) is 15.3 Å². The third-order valence-corrected chi connectivity index (χ3v) is 3.61. The summed E-state index contributed by atoms with van der Waals surface area (Å²) in [6.07, 6.45) is 1.89. The van der Waals surface area contributed by atoms with Crippen LogP contribution in [0.3, 0.4) is 0 Å². The molecular weight excluding hydrogens is 264 g/mol. The molecule has 0 radical (unpaired) electrons. The van der Waals surface area contributed by atoms with Crippen LogP contribution in [0.1, 0.15) is 52.4 Å². The lowest BCUT2D eigenvalue weighted by Crippen LogP contribution is -2.28. The maximum Gasteiger partial charge on any atom is 0.303 e. The highest BCUT2D eigenvalue weighted by molar-refractivity contribution is 5.69. The molecule has 0 aliphatic heterocycles. The Morgan fingerprint density at radius 2 is 1.40 bits per heavy atom. The SMILES string of the molecule is CCCCC(CC(=O)O)C(CC(=O)O)C(C)CC(=O)O. The minimum absolute atomic E-state index is 0.109. The van der Waals surface area contributed by atoms with Gasteiger partial charge in [0.1, 0.15) is 0 Å². The van der Waals surface area contributed by atoms with Crippen LogP contribution in [0.15, 0.2) is 0 Å². The van der Waals surface area contributed by atoms with Crippen LogP contribution in [0.5, 0.6) is 0 Å². The molecule has 116 valence electrons. The number of carbonyl (C=O) groups is 3. The van der Waals surface area contributed by atoms with E-state index < -0.39 is 23.8 Å². The van der Waals surface area contributed by atoms with Crippen molar-refractivity contribution >= 4 is 17.9 Å². The van der Waals surface area contributed by atoms with Gasteiger partial charge in [-0.2, -0.15) is 0 Å². The van der Waals surface area contributed by atoms with E-state index in [1.807, 2.05) is 6.92 Å². The first-order chi connectivity index (χ1) is 9.27. The van der Waals surface area contributed by atoms with E-state index in [0.29, 0.717) is 6.42 Å². The molecule has 0 saturated carbocycles. The van der Waals surface area contributed by atoms with Crippen LogP contribution in [0, 0.1) is 17.8 Å². The molecule has 0 aliphatic rings. The molecule has 3 unspecified atom stereocenters. The van der Waals surface area contributed by atoms with Gasteiger partial charge in [-0.15, -0.1) is 0 Å². The molecule has 6 heteroatoms. The van der Waals surface area contributed by atoms with Gasteiger partial charge in [0.25, 0.3) is 0 Å². The smallest absolute Gasteiger partial charge is 0.303 e. The molecule has 0 amide bonds. The highest BCUT2D eigenvalue weighted by Gasteiger charge is 2.31. The topological polar surface area (TPSA) is 112 Å². The highest BCUT2D eigenvalue weighted by atomic mass is 16.4. The van der Waals surface area contributed by atoms with Crippen LogP contribution >= 0.6 is 0 Å². The molecule has 0 aromatic carbocycles. The van der Waals surface area contributed by atoms with Gasteiger partial charge in [-0.3, -0.25) is 14.4 Å². The van der Waals surface area contributed by atoms with Gasteiger partial charge in [-0.25, -0.2) is 0 Å². The van der Waals surface area contributed by atoms with E-state index in [1.54, 1.807) is 6.92 Å². The molecule has 0 saturated heterocycles. The Hall–Kier alpha value is -1.59. The van der Waals surface area contributed by atoms with Gasteiger partial charge in [-0.05, 0) is 24.2 Å². The van der Waals surface area contributed by atoms with Gasteiger partial charge in [-0.1, -0.05) is 26.7 Å². The molecule has 0 bridgehead atoms. The summed E-state index contributed by atoms with van der Waals surface area (Å²) >= 11 is 0. The van der Waals surface area contributed by atoms with E-state index in [-0.39, 0.29) is 31.1 Å². The van der Waals surface area contributed by atoms with Crippen molar-refractivity contribution in [1.29, 1.82) is 0 Å². The second-order valence-electron chi connectivity index (χ2n) is 5.34. The second kappa shape index (κ2) is 9.34. The monoisotopic (exact) mass is 288 g/mol. The van der Waals surface area contributed by atoms with Crippen molar-refractivity contribution in [3.8, 4) is 0 Å². The summed E-state index contributed by atoms with van der Waals surface area (Å²) in [4.78, 5) is 32.7. The number of hydrogen-bond acceptors (Lipinski definition) is 3. The fraction of sp³-hybridized carbons (Fsp3) is 0.786. The quantitative estimate of drug-likeness (QED) is 0.538. The third kappa shape index (κ3) is 7.76. The van der Waals surface area contributed by atoms with Crippen LogP contribution in [-0.4, -0.2) is 33.2 Å². The van der Waals surface area contributed by atoms with Crippen molar-refractivity contribution in [3.63, 3.8) is 0 Å². The van der Waals surface area contributed by atoms with Crippen LogP contribution in [0.25, 0.3) is 0 Å². The van der Waals surface area contributed by atoms with Crippen molar-refractivity contribution < 1.29 is 29.7 Å². The molecule has 3 atom stereocenters. The van der Waals surface area contributed by atoms with Crippen molar-refractivity contribution in [2.75, 3.05) is 0 Å². The fourth-order valence-corrected chi connectivity index (χ4v) is 2.62. The molecule has 0 aliphatic carbocycles. The van der Waals surface area contributed by atoms with Crippen LogP contribution in [0.4, 0.5) is 0 Å². The summed E-state index contributed by atoms with van der Waals surface area (Å²) in [7, 11) is 0. The van der Waals surface area contributed by atoms with Gasteiger partial charge in [0.2, 0.25) is 0 Å². The molecule has 6 nitrogen and oxygen atoms in total. The van der Waals surface area contributed by atoms with E-state index in [2.05, 4.69) is 0 Å². The predicted molar refractivity (Wildman–Crippen MR) is 72.4 cm³/mol. The lowest BCUT2D eigenvalue weighted by molar-refractivity contribution is -0.144. The van der Waals surface area contributed by atoms with Crippen molar-refractivity contribution in [1.82, 2.24) is 0 Å². The maximum absolute atomic E-state index is 11.0.